The van der Waals surface area contributed by atoms with Crippen LogP contribution in [0.2, 0.25) is 0 Å². The summed E-state index contributed by atoms with van der Waals surface area (Å²) in [5, 5.41) is 18.4. The Labute approximate surface area is 294 Å². The number of carbonyl (C=O) groups excluding carboxylic acids is 4. The van der Waals surface area contributed by atoms with Crippen LogP contribution in [0, 0.1) is 11.8 Å². The lowest BCUT2D eigenvalue weighted by Gasteiger charge is -2.43. The first-order valence-corrected chi connectivity index (χ1v) is 17.7. The second-order valence-electron chi connectivity index (χ2n) is 14.5. The number of anilines is 1. The molecule has 270 valence electrons. The number of benzene rings is 2. The molecule has 3 heterocycles. The number of rotatable bonds is 10. The van der Waals surface area contributed by atoms with Gasteiger partial charge in [0.1, 0.15) is 11.6 Å². The van der Waals surface area contributed by atoms with E-state index in [9.17, 15) is 29.1 Å². The first-order valence-electron chi connectivity index (χ1n) is 17.7. The van der Waals surface area contributed by atoms with Crippen LogP contribution < -0.4 is 20.9 Å². The van der Waals surface area contributed by atoms with Gasteiger partial charge in [0.2, 0.25) is 11.8 Å². The first kappa shape index (κ1) is 36.5. The van der Waals surface area contributed by atoms with Crippen LogP contribution in [-0.4, -0.2) is 107 Å². The van der Waals surface area contributed by atoms with Crippen LogP contribution in [0.3, 0.4) is 0 Å². The molecule has 3 aliphatic heterocycles. The molecule has 3 aliphatic rings. The lowest BCUT2D eigenvalue weighted by molar-refractivity contribution is -0.139. The van der Waals surface area contributed by atoms with Crippen molar-refractivity contribution in [3.63, 3.8) is 0 Å². The molecule has 2 aromatic carbocycles. The van der Waals surface area contributed by atoms with Gasteiger partial charge in [-0.25, -0.2) is 14.4 Å². The minimum Gasteiger partial charge on any atom is -0.480 e. The van der Waals surface area contributed by atoms with Crippen LogP contribution in [0.5, 0.6) is 0 Å². The van der Waals surface area contributed by atoms with Crippen molar-refractivity contribution in [1.82, 2.24) is 30.7 Å². The Morgan fingerprint density at radius 2 is 1.36 bits per heavy atom. The van der Waals surface area contributed by atoms with E-state index in [1.165, 1.54) is 0 Å². The molecule has 5 rings (SSSR count). The molecular weight excluding hydrogens is 638 g/mol. The summed E-state index contributed by atoms with van der Waals surface area (Å²) in [5.74, 6) is -1.16. The fourth-order valence-electron chi connectivity index (χ4n) is 7.32. The molecule has 1 spiro atoms. The van der Waals surface area contributed by atoms with Gasteiger partial charge in [0.15, 0.2) is 0 Å². The number of hydrogen-bond donors (Lipinski definition) is 4. The zero-order chi connectivity index (χ0) is 36.1. The van der Waals surface area contributed by atoms with Crippen molar-refractivity contribution >= 4 is 35.5 Å². The third kappa shape index (κ3) is 7.81. The molecule has 4 N–H and O–H groups in total. The molecule has 6 amide bonds. The van der Waals surface area contributed by atoms with E-state index >= 15 is 0 Å². The molecule has 0 aliphatic carbocycles. The number of urea groups is 2. The Balaban J connectivity index is 1.16. The van der Waals surface area contributed by atoms with E-state index in [0.29, 0.717) is 71.0 Å². The molecule has 13 nitrogen and oxygen atoms in total. The van der Waals surface area contributed by atoms with Crippen molar-refractivity contribution in [1.29, 1.82) is 0 Å². The molecule has 0 bridgehead atoms. The molecule has 2 aromatic rings. The number of nitrogens with one attached hydrogen (secondary N) is 3. The summed E-state index contributed by atoms with van der Waals surface area (Å²) in [7, 11) is 0. The van der Waals surface area contributed by atoms with Gasteiger partial charge in [0, 0.05) is 44.3 Å². The summed E-state index contributed by atoms with van der Waals surface area (Å²) in [6.45, 7) is 9.94. The van der Waals surface area contributed by atoms with Crippen molar-refractivity contribution < 1.29 is 29.1 Å². The van der Waals surface area contributed by atoms with Gasteiger partial charge in [-0.2, -0.15) is 0 Å². The number of likely N-dealkylation sites (tertiary alicyclic amines) is 2. The van der Waals surface area contributed by atoms with E-state index in [4.69, 9.17) is 0 Å². The minimum atomic E-state index is -1.35. The number of aliphatic carboxylic acids is 1. The topological polar surface area (TPSA) is 155 Å². The fourth-order valence-corrected chi connectivity index (χ4v) is 7.32. The van der Waals surface area contributed by atoms with Gasteiger partial charge in [0.25, 0.3) is 0 Å². The van der Waals surface area contributed by atoms with Crippen LogP contribution in [0.4, 0.5) is 15.3 Å². The van der Waals surface area contributed by atoms with Crippen molar-refractivity contribution in [2.24, 2.45) is 11.8 Å². The van der Waals surface area contributed by atoms with Crippen molar-refractivity contribution in [2.75, 3.05) is 50.8 Å². The van der Waals surface area contributed by atoms with Gasteiger partial charge in [-0.15, -0.1) is 0 Å². The zero-order valence-corrected chi connectivity index (χ0v) is 29.6. The molecule has 0 radical (unpaired) electrons. The van der Waals surface area contributed by atoms with Crippen LogP contribution in [0.15, 0.2) is 60.7 Å². The lowest BCUT2D eigenvalue weighted by atomic mass is 9.80. The van der Waals surface area contributed by atoms with Crippen molar-refractivity contribution in [2.45, 2.75) is 70.5 Å². The van der Waals surface area contributed by atoms with E-state index < -0.39 is 35.2 Å². The highest BCUT2D eigenvalue weighted by atomic mass is 16.4. The number of piperidine rings is 2. The largest absolute Gasteiger partial charge is 0.480 e. The molecule has 3 saturated heterocycles. The summed E-state index contributed by atoms with van der Waals surface area (Å²) >= 11 is 0. The highest BCUT2D eigenvalue weighted by Crippen LogP contribution is 2.40. The summed E-state index contributed by atoms with van der Waals surface area (Å²) in [5.41, 5.74) is 0.529. The van der Waals surface area contributed by atoms with Gasteiger partial charge in [-0.05, 0) is 49.3 Å². The third-order valence-corrected chi connectivity index (χ3v) is 10.2. The smallest absolute Gasteiger partial charge is 0.328 e. The van der Waals surface area contributed by atoms with E-state index in [1.54, 1.807) is 9.80 Å². The van der Waals surface area contributed by atoms with Gasteiger partial charge in [-0.3, -0.25) is 9.59 Å². The molecule has 1 atom stereocenters. The highest BCUT2D eigenvalue weighted by molar-refractivity contribution is 5.94. The SMILES string of the molecule is CC(C)CN1CN(c2ccccc2)C2(CCN(C(=O)NCC(NC(=O)N3CCC(NC(=O)C(C)C)(c4ccccc4)CC3)C(=O)O)CC2)C1=O. The number of carboxylic acid groups (broad SMARTS) is 1. The molecule has 13 heteroatoms. The quantitative estimate of drug-likeness (QED) is 0.298. The van der Waals surface area contributed by atoms with Crippen LogP contribution >= 0.6 is 0 Å². The minimum absolute atomic E-state index is 0.0739. The van der Waals surface area contributed by atoms with E-state index in [0.717, 1.165) is 11.3 Å². The molecule has 0 saturated carbocycles. The number of para-hydroxylation sites is 1. The predicted molar refractivity (Wildman–Crippen MR) is 189 cm³/mol. The van der Waals surface area contributed by atoms with E-state index in [1.807, 2.05) is 79.4 Å². The van der Waals surface area contributed by atoms with Gasteiger partial charge < -0.3 is 40.7 Å². The number of amides is 6. The molecular formula is C37H51N7O6. The molecule has 0 aromatic heterocycles. The summed E-state index contributed by atoms with van der Waals surface area (Å²) in [6, 6.07) is 17.2. The fraction of sp³-hybridized carbons (Fsp3) is 0.541. The summed E-state index contributed by atoms with van der Waals surface area (Å²) < 4.78 is 0. The Morgan fingerprint density at radius 1 is 0.800 bits per heavy atom. The Kier molecular flexibility index (Phi) is 11.2. The number of carboxylic acids is 1. The number of carbonyl (C=O) groups is 5. The lowest BCUT2D eigenvalue weighted by Crippen LogP contribution is -2.60. The summed E-state index contributed by atoms with van der Waals surface area (Å²) in [4.78, 5) is 72.5. The van der Waals surface area contributed by atoms with Crippen molar-refractivity contribution in [3.8, 4) is 0 Å². The second kappa shape index (κ2) is 15.4. The Morgan fingerprint density at radius 3 is 1.92 bits per heavy atom. The maximum atomic E-state index is 13.8. The Bertz CT molecular complexity index is 1520. The van der Waals surface area contributed by atoms with E-state index in [2.05, 4.69) is 34.7 Å². The molecule has 1 unspecified atom stereocenters. The monoisotopic (exact) mass is 689 g/mol. The number of hydrogen-bond acceptors (Lipinski definition) is 6. The Hall–Kier alpha value is -4.81. The first-order chi connectivity index (χ1) is 23.8. The molecule has 50 heavy (non-hydrogen) atoms. The summed E-state index contributed by atoms with van der Waals surface area (Å²) in [6.07, 6.45) is 1.82. The molecule has 3 fully saturated rings. The maximum absolute atomic E-state index is 13.8. The average Bonchev–Trinajstić information content (AvgIpc) is 3.36. The predicted octanol–water partition coefficient (Wildman–Crippen LogP) is 3.42. The standard InChI is InChI=1S/C37H51N7O6/c1-26(2)24-43-25-44(29-13-9-6-10-14-29)37(33(43)48)17-21-41(22-18-37)34(49)38-23-30(32(46)47)39-35(50)42-19-15-36(16-20-42,40-31(45)27(3)4)28-11-7-5-8-12-28/h5-14,26-27,30H,15-25H2,1-4H3,(H,38,49)(H,39,50)(H,40,45)(H,46,47). The van der Waals surface area contributed by atoms with Crippen LogP contribution in [0.1, 0.15) is 58.9 Å². The third-order valence-electron chi connectivity index (χ3n) is 10.2. The highest BCUT2D eigenvalue weighted by Gasteiger charge is 2.54. The van der Waals surface area contributed by atoms with Gasteiger partial charge >= 0.3 is 18.0 Å². The van der Waals surface area contributed by atoms with Gasteiger partial charge in [-0.1, -0.05) is 76.2 Å². The van der Waals surface area contributed by atoms with Gasteiger partial charge in [0.05, 0.1) is 18.8 Å². The van der Waals surface area contributed by atoms with Crippen LogP contribution in [0.25, 0.3) is 0 Å². The maximum Gasteiger partial charge on any atom is 0.328 e. The van der Waals surface area contributed by atoms with E-state index in [-0.39, 0.29) is 24.3 Å². The zero-order valence-electron chi connectivity index (χ0n) is 29.6. The van der Waals surface area contributed by atoms with Crippen LogP contribution in [-0.2, 0) is 19.9 Å². The normalized spacial score (nSPS) is 19.1. The second-order valence-corrected chi connectivity index (χ2v) is 14.5. The number of nitrogens with zero attached hydrogens (tertiary/aromatic N) is 4. The van der Waals surface area contributed by atoms with Crippen molar-refractivity contribution in [3.05, 3.63) is 66.2 Å². The average molecular weight is 690 g/mol.